The SMILES string of the molecule is Cc1ccccc1C(=O)Nc1ccc(C(=O)N/N=C/c2cc(Br)cc([N+](=O)[O-])c2O)cc1. The number of anilines is 1. The van der Waals surface area contributed by atoms with Gasteiger partial charge in [0.1, 0.15) is 0 Å². The number of aromatic hydroxyl groups is 1. The number of benzene rings is 3. The van der Waals surface area contributed by atoms with Crippen LogP contribution in [0.15, 0.2) is 70.2 Å². The highest BCUT2D eigenvalue weighted by atomic mass is 79.9. The van der Waals surface area contributed by atoms with Crippen LogP contribution in [0.4, 0.5) is 11.4 Å². The third-order valence-corrected chi connectivity index (χ3v) is 4.90. The van der Waals surface area contributed by atoms with E-state index in [0.717, 1.165) is 17.8 Å². The lowest BCUT2D eigenvalue weighted by molar-refractivity contribution is -0.385. The number of aryl methyl sites for hydroxylation is 1. The number of hydrazone groups is 1. The van der Waals surface area contributed by atoms with E-state index in [9.17, 15) is 24.8 Å². The molecule has 0 heterocycles. The first-order chi connectivity index (χ1) is 15.3. The monoisotopic (exact) mass is 496 g/mol. The van der Waals surface area contributed by atoms with Gasteiger partial charge >= 0.3 is 5.69 Å². The number of nitrogens with zero attached hydrogens (tertiary/aromatic N) is 2. The van der Waals surface area contributed by atoms with Gasteiger partial charge in [-0.1, -0.05) is 34.1 Å². The number of nitro groups is 1. The number of carbonyl (C=O) groups excluding carboxylic acids is 2. The lowest BCUT2D eigenvalue weighted by Crippen LogP contribution is -2.18. The summed E-state index contributed by atoms with van der Waals surface area (Å²) in [4.78, 5) is 34.9. The second-order valence-corrected chi connectivity index (χ2v) is 7.58. The average molecular weight is 497 g/mol. The molecule has 0 aromatic heterocycles. The minimum Gasteiger partial charge on any atom is -0.502 e. The summed E-state index contributed by atoms with van der Waals surface area (Å²) >= 11 is 3.12. The van der Waals surface area contributed by atoms with E-state index in [1.807, 2.05) is 19.1 Å². The average Bonchev–Trinajstić information content (AvgIpc) is 2.76. The zero-order valence-corrected chi connectivity index (χ0v) is 18.3. The molecule has 0 aliphatic carbocycles. The van der Waals surface area contributed by atoms with Gasteiger partial charge < -0.3 is 10.4 Å². The second kappa shape index (κ2) is 9.84. The largest absolute Gasteiger partial charge is 0.502 e. The van der Waals surface area contributed by atoms with Crippen molar-refractivity contribution in [3.8, 4) is 5.75 Å². The standard InChI is InChI=1S/C22H17BrN4O5/c1-13-4-2-3-5-18(13)22(30)25-17-8-6-14(7-9-17)21(29)26-24-12-15-10-16(23)11-19(20(15)28)27(31)32/h2-12,28H,1H3,(H,25,30)(H,26,29)/b24-12+. The zero-order valence-electron chi connectivity index (χ0n) is 16.7. The Labute approximate surface area is 191 Å². The molecule has 3 aromatic carbocycles. The number of phenolic OH excluding ortho intramolecular Hbond substituents is 1. The Kier molecular flexibility index (Phi) is 6.96. The smallest absolute Gasteiger partial charge is 0.312 e. The summed E-state index contributed by atoms with van der Waals surface area (Å²) in [6.45, 7) is 1.84. The predicted octanol–water partition coefficient (Wildman–Crippen LogP) is 4.39. The van der Waals surface area contributed by atoms with E-state index in [1.54, 1.807) is 24.3 Å². The van der Waals surface area contributed by atoms with Gasteiger partial charge in [0.25, 0.3) is 11.8 Å². The molecule has 0 fully saturated rings. The molecule has 0 saturated carbocycles. The number of phenols is 1. The van der Waals surface area contributed by atoms with Crippen LogP contribution in [0.5, 0.6) is 5.75 Å². The fourth-order valence-corrected chi connectivity index (χ4v) is 3.26. The first kappa shape index (κ1) is 22.6. The summed E-state index contributed by atoms with van der Waals surface area (Å²) in [5.41, 5.74) is 4.05. The molecule has 9 nitrogen and oxygen atoms in total. The lowest BCUT2D eigenvalue weighted by atomic mass is 10.1. The molecule has 10 heteroatoms. The van der Waals surface area contributed by atoms with Gasteiger partial charge in [0.15, 0.2) is 0 Å². The van der Waals surface area contributed by atoms with E-state index in [-0.39, 0.29) is 17.0 Å². The number of hydrogen-bond acceptors (Lipinski definition) is 6. The van der Waals surface area contributed by atoms with Crippen LogP contribution in [0.3, 0.4) is 0 Å². The van der Waals surface area contributed by atoms with Gasteiger partial charge in [0.2, 0.25) is 5.75 Å². The fraction of sp³-hybridized carbons (Fsp3) is 0.0455. The number of hydrogen-bond donors (Lipinski definition) is 3. The molecule has 3 aromatic rings. The molecule has 0 aliphatic heterocycles. The molecule has 0 unspecified atom stereocenters. The first-order valence-electron chi connectivity index (χ1n) is 9.23. The summed E-state index contributed by atoms with van der Waals surface area (Å²) in [6, 6.07) is 16.0. The quantitative estimate of drug-likeness (QED) is 0.264. The van der Waals surface area contributed by atoms with Crippen LogP contribution in [0.1, 0.15) is 31.8 Å². The molecule has 0 spiro atoms. The van der Waals surface area contributed by atoms with E-state index in [1.165, 1.54) is 18.2 Å². The van der Waals surface area contributed by atoms with Crippen LogP contribution < -0.4 is 10.7 Å². The van der Waals surface area contributed by atoms with Crippen LogP contribution in [0.2, 0.25) is 0 Å². The molecule has 0 aliphatic rings. The molecule has 162 valence electrons. The van der Waals surface area contributed by atoms with Crippen LogP contribution in [0, 0.1) is 17.0 Å². The van der Waals surface area contributed by atoms with Crippen molar-refractivity contribution in [1.82, 2.24) is 5.43 Å². The Balaban J connectivity index is 1.65. The topological polar surface area (TPSA) is 134 Å². The highest BCUT2D eigenvalue weighted by Gasteiger charge is 2.17. The van der Waals surface area contributed by atoms with Crippen molar-refractivity contribution < 1.29 is 19.6 Å². The molecule has 0 radical (unpaired) electrons. The Morgan fingerprint density at radius 2 is 1.78 bits per heavy atom. The third-order valence-electron chi connectivity index (χ3n) is 4.45. The van der Waals surface area contributed by atoms with E-state index in [0.29, 0.717) is 15.7 Å². The van der Waals surface area contributed by atoms with E-state index < -0.39 is 22.3 Å². The Hall–Kier alpha value is -4.05. The summed E-state index contributed by atoms with van der Waals surface area (Å²) < 4.78 is 0.373. The van der Waals surface area contributed by atoms with E-state index in [4.69, 9.17) is 0 Å². The molecular weight excluding hydrogens is 480 g/mol. The van der Waals surface area contributed by atoms with Crippen molar-refractivity contribution in [3.63, 3.8) is 0 Å². The maximum Gasteiger partial charge on any atom is 0.312 e. The Morgan fingerprint density at radius 1 is 1.09 bits per heavy atom. The molecule has 32 heavy (non-hydrogen) atoms. The zero-order chi connectivity index (χ0) is 23.3. The highest BCUT2D eigenvalue weighted by molar-refractivity contribution is 9.10. The maximum atomic E-state index is 12.4. The van der Waals surface area contributed by atoms with Crippen molar-refractivity contribution in [3.05, 3.63) is 97.5 Å². The predicted molar refractivity (Wildman–Crippen MR) is 123 cm³/mol. The summed E-state index contributed by atoms with van der Waals surface area (Å²) in [5.74, 6) is -1.36. The Morgan fingerprint density at radius 3 is 2.44 bits per heavy atom. The lowest BCUT2D eigenvalue weighted by Gasteiger charge is -2.08. The van der Waals surface area contributed by atoms with Gasteiger partial charge in [-0.05, 0) is 48.9 Å². The van der Waals surface area contributed by atoms with Gasteiger partial charge in [0.05, 0.1) is 11.1 Å². The van der Waals surface area contributed by atoms with Gasteiger partial charge in [-0.3, -0.25) is 19.7 Å². The van der Waals surface area contributed by atoms with E-state index in [2.05, 4.69) is 31.8 Å². The minimum atomic E-state index is -0.727. The summed E-state index contributed by atoms with van der Waals surface area (Å²) in [5, 5.41) is 27.4. The van der Waals surface area contributed by atoms with Crippen molar-refractivity contribution in [1.29, 1.82) is 0 Å². The van der Waals surface area contributed by atoms with Crippen LogP contribution >= 0.6 is 15.9 Å². The summed E-state index contributed by atoms with van der Waals surface area (Å²) in [7, 11) is 0. The van der Waals surface area contributed by atoms with Gasteiger partial charge in [-0.25, -0.2) is 5.43 Å². The van der Waals surface area contributed by atoms with Gasteiger partial charge in [0, 0.05) is 32.9 Å². The maximum absolute atomic E-state index is 12.4. The summed E-state index contributed by atoms with van der Waals surface area (Å²) in [6.07, 6.45) is 1.10. The first-order valence-corrected chi connectivity index (χ1v) is 10.0. The van der Waals surface area contributed by atoms with Crippen LogP contribution in [0.25, 0.3) is 0 Å². The Bertz CT molecular complexity index is 1230. The molecule has 0 bridgehead atoms. The number of carbonyl (C=O) groups is 2. The van der Waals surface area contributed by atoms with Crippen LogP contribution in [-0.4, -0.2) is 28.1 Å². The van der Waals surface area contributed by atoms with Crippen LogP contribution in [-0.2, 0) is 0 Å². The van der Waals surface area contributed by atoms with Crippen molar-refractivity contribution in [2.75, 3.05) is 5.32 Å². The van der Waals surface area contributed by atoms with Gasteiger partial charge in [-0.2, -0.15) is 5.10 Å². The molecular formula is C22H17BrN4O5. The normalized spacial score (nSPS) is 10.7. The van der Waals surface area contributed by atoms with Gasteiger partial charge in [-0.15, -0.1) is 0 Å². The minimum absolute atomic E-state index is 0.0561. The second-order valence-electron chi connectivity index (χ2n) is 6.67. The number of nitrogens with one attached hydrogen (secondary N) is 2. The third kappa shape index (κ3) is 5.35. The van der Waals surface area contributed by atoms with E-state index >= 15 is 0 Å². The number of rotatable bonds is 6. The highest BCUT2D eigenvalue weighted by Crippen LogP contribution is 2.32. The van der Waals surface area contributed by atoms with Crippen molar-refractivity contribution in [2.45, 2.75) is 6.92 Å². The molecule has 3 rings (SSSR count). The number of nitro benzene ring substituents is 1. The fourth-order valence-electron chi connectivity index (χ4n) is 2.80. The van der Waals surface area contributed by atoms with Crippen molar-refractivity contribution >= 4 is 45.3 Å². The number of amides is 2. The number of halogens is 1. The molecule has 2 amide bonds. The van der Waals surface area contributed by atoms with Crippen molar-refractivity contribution in [2.24, 2.45) is 5.10 Å². The molecule has 0 saturated heterocycles. The molecule has 3 N–H and O–H groups in total. The molecule has 0 atom stereocenters.